The first kappa shape index (κ1) is 24.1. The Morgan fingerprint density at radius 2 is 1.61 bits per heavy atom. The van der Waals surface area contributed by atoms with Gasteiger partial charge in [0.05, 0.1) is 13.0 Å². The summed E-state index contributed by atoms with van der Waals surface area (Å²) in [5.41, 5.74) is 1.45. The molecule has 0 aliphatic heterocycles. The second-order valence-electron chi connectivity index (χ2n) is 7.38. The van der Waals surface area contributed by atoms with E-state index in [1.807, 2.05) is 36.4 Å². The van der Waals surface area contributed by atoms with Gasteiger partial charge in [-0.3, -0.25) is 9.59 Å². The second-order valence-corrected chi connectivity index (χ2v) is 7.38. The van der Waals surface area contributed by atoms with E-state index in [0.717, 1.165) is 18.4 Å². The van der Waals surface area contributed by atoms with Gasteiger partial charge >= 0.3 is 11.9 Å². The molecule has 0 bridgehead atoms. The topological polar surface area (TPSA) is 69.7 Å². The van der Waals surface area contributed by atoms with Crippen LogP contribution >= 0.6 is 0 Å². The van der Waals surface area contributed by atoms with Crippen molar-refractivity contribution in [2.45, 2.75) is 39.2 Å². The number of rotatable bonds is 12. The minimum atomic E-state index is -0.664. The third-order valence-electron chi connectivity index (χ3n) is 5.12. The standard InChI is InChI=1S/C26H30O5/c1-3-4-13-21(16-17-25(28)31-19-20-11-7-5-8-12-20)23(26(29)30-2)18-24(27)22-14-9-6-10-15-22/h5-12,14-17,21,23H,3-4,13,18-19H2,1-2H3/b17-16+/t21-,23+/m1/s1. The van der Waals surface area contributed by atoms with Gasteiger partial charge < -0.3 is 9.47 Å². The predicted molar refractivity (Wildman–Crippen MR) is 119 cm³/mol. The minimum Gasteiger partial charge on any atom is -0.469 e. The van der Waals surface area contributed by atoms with Crippen LogP contribution in [-0.4, -0.2) is 24.8 Å². The zero-order valence-corrected chi connectivity index (χ0v) is 18.2. The van der Waals surface area contributed by atoms with Gasteiger partial charge in [-0.15, -0.1) is 0 Å². The lowest BCUT2D eigenvalue weighted by Gasteiger charge is -2.22. The van der Waals surface area contributed by atoms with E-state index in [-0.39, 0.29) is 24.7 Å². The smallest absolute Gasteiger partial charge is 0.330 e. The van der Waals surface area contributed by atoms with Crippen LogP contribution in [0.1, 0.15) is 48.5 Å². The Morgan fingerprint density at radius 1 is 0.968 bits per heavy atom. The minimum absolute atomic E-state index is 0.0223. The summed E-state index contributed by atoms with van der Waals surface area (Å²) in [5.74, 6) is -2.03. The second kappa shape index (κ2) is 13.2. The normalized spacial score (nSPS) is 12.8. The molecule has 0 saturated carbocycles. The summed E-state index contributed by atoms with van der Waals surface area (Å²) in [6, 6.07) is 18.3. The highest BCUT2D eigenvalue weighted by molar-refractivity contribution is 5.98. The van der Waals surface area contributed by atoms with Crippen molar-refractivity contribution in [1.29, 1.82) is 0 Å². The van der Waals surface area contributed by atoms with E-state index in [1.165, 1.54) is 13.2 Å². The number of methoxy groups -OCH3 is 1. The molecule has 5 nitrogen and oxygen atoms in total. The van der Waals surface area contributed by atoms with Crippen molar-refractivity contribution in [3.05, 3.63) is 83.9 Å². The highest BCUT2D eigenvalue weighted by Gasteiger charge is 2.30. The maximum absolute atomic E-state index is 12.7. The molecular formula is C26H30O5. The maximum Gasteiger partial charge on any atom is 0.330 e. The number of carbonyl (C=O) groups excluding carboxylic acids is 3. The van der Waals surface area contributed by atoms with Gasteiger partial charge in [-0.2, -0.15) is 0 Å². The molecule has 0 heterocycles. The summed E-state index contributed by atoms with van der Waals surface area (Å²) in [6.45, 7) is 2.23. The van der Waals surface area contributed by atoms with E-state index < -0.39 is 17.9 Å². The number of unbranched alkanes of at least 4 members (excludes halogenated alkanes) is 1. The van der Waals surface area contributed by atoms with Crippen LogP contribution in [0.4, 0.5) is 0 Å². The first-order valence-electron chi connectivity index (χ1n) is 10.6. The number of hydrogen-bond donors (Lipinski definition) is 0. The molecule has 2 rings (SSSR count). The van der Waals surface area contributed by atoms with E-state index >= 15 is 0 Å². The van der Waals surface area contributed by atoms with Gasteiger partial charge in [0.1, 0.15) is 6.61 Å². The Labute approximate surface area is 184 Å². The molecule has 0 N–H and O–H groups in total. The Hall–Kier alpha value is -3.21. The van der Waals surface area contributed by atoms with Gasteiger partial charge in [0.25, 0.3) is 0 Å². The van der Waals surface area contributed by atoms with Crippen molar-refractivity contribution in [2.75, 3.05) is 7.11 Å². The SMILES string of the molecule is CCCC[C@H](/C=C/C(=O)OCc1ccccc1)[C@H](CC(=O)c1ccccc1)C(=O)OC. The molecule has 2 aromatic carbocycles. The molecular weight excluding hydrogens is 392 g/mol. The molecule has 31 heavy (non-hydrogen) atoms. The number of ketones is 1. The molecule has 0 spiro atoms. The first-order chi connectivity index (χ1) is 15.0. The molecule has 0 fully saturated rings. The first-order valence-corrected chi connectivity index (χ1v) is 10.6. The van der Waals surface area contributed by atoms with Crippen molar-refractivity contribution >= 4 is 17.7 Å². The lowest BCUT2D eigenvalue weighted by Crippen LogP contribution is -2.27. The number of allylic oxidation sites excluding steroid dienone is 1. The van der Waals surface area contributed by atoms with Crippen LogP contribution in [-0.2, 0) is 25.7 Å². The van der Waals surface area contributed by atoms with Gasteiger partial charge in [-0.05, 0) is 17.9 Å². The average Bonchev–Trinajstić information content (AvgIpc) is 2.82. The van der Waals surface area contributed by atoms with Gasteiger partial charge in [-0.25, -0.2) is 4.79 Å². The Kier molecular flexibility index (Phi) is 10.2. The monoisotopic (exact) mass is 422 g/mol. The predicted octanol–water partition coefficient (Wildman–Crippen LogP) is 5.15. The maximum atomic E-state index is 12.7. The fourth-order valence-electron chi connectivity index (χ4n) is 3.35. The van der Waals surface area contributed by atoms with Crippen molar-refractivity contribution in [3.8, 4) is 0 Å². The number of ether oxygens (including phenoxy) is 2. The molecule has 0 aliphatic carbocycles. The van der Waals surface area contributed by atoms with Crippen LogP contribution in [0.25, 0.3) is 0 Å². The Morgan fingerprint density at radius 3 is 2.23 bits per heavy atom. The average molecular weight is 423 g/mol. The van der Waals surface area contributed by atoms with E-state index in [9.17, 15) is 14.4 Å². The molecule has 0 saturated heterocycles. The molecule has 2 atom stereocenters. The van der Waals surface area contributed by atoms with Crippen LogP contribution in [0.3, 0.4) is 0 Å². The molecule has 0 radical (unpaired) electrons. The number of esters is 2. The van der Waals surface area contributed by atoms with Gasteiger partial charge in [0.2, 0.25) is 0 Å². The van der Waals surface area contributed by atoms with Crippen LogP contribution in [0.2, 0.25) is 0 Å². The fourth-order valence-corrected chi connectivity index (χ4v) is 3.35. The molecule has 0 aromatic heterocycles. The number of Topliss-reactive ketones (excluding diaryl/α,β-unsaturated/α-hetero) is 1. The van der Waals surface area contributed by atoms with Gasteiger partial charge in [0.15, 0.2) is 5.78 Å². The highest BCUT2D eigenvalue weighted by Crippen LogP contribution is 2.26. The highest BCUT2D eigenvalue weighted by atomic mass is 16.5. The molecule has 5 heteroatoms. The van der Waals surface area contributed by atoms with Crippen LogP contribution in [0.5, 0.6) is 0 Å². The molecule has 0 amide bonds. The lowest BCUT2D eigenvalue weighted by molar-refractivity contribution is -0.147. The van der Waals surface area contributed by atoms with E-state index in [1.54, 1.807) is 30.3 Å². The van der Waals surface area contributed by atoms with Gasteiger partial charge in [-0.1, -0.05) is 86.5 Å². The summed E-state index contributed by atoms with van der Waals surface area (Å²) < 4.78 is 10.3. The summed E-state index contributed by atoms with van der Waals surface area (Å²) in [7, 11) is 1.32. The number of benzene rings is 2. The van der Waals surface area contributed by atoms with Crippen LogP contribution in [0, 0.1) is 11.8 Å². The summed E-state index contributed by atoms with van der Waals surface area (Å²) in [4.78, 5) is 37.5. The molecule has 0 aliphatic rings. The van der Waals surface area contributed by atoms with Gasteiger partial charge in [0, 0.05) is 18.1 Å². The molecule has 2 aromatic rings. The summed E-state index contributed by atoms with van der Waals surface area (Å²) in [6.07, 6.45) is 5.52. The molecule has 164 valence electrons. The van der Waals surface area contributed by atoms with E-state index in [0.29, 0.717) is 12.0 Å². The summed E-state index contributed by atoms with van der Waals surface area (Å²) >= 11 is 0. The van der Waals surface area contributed by atoms with Crippen molar-refractivity contribution in [3.63, 3.8) is 0 Å². The largest absolute Gasteiger partial charge is 0.469 e. The van der Waals surface area contributed by atoms with Crippen molar-refractivity contribution in [2.24, 2.45) is 11.8 Å². The van der Waals surface area contributed by atoms with E-state index in [4.69, 9.17) is 9.47 Å². The zero-order valence-electron chi connectivity index (χ0n) is 18.2. The van der Waals surface area contributed by atoms with Crippen molar-refractivity contribution in [1.82, 2.24) is 0 Å². The number of hydrogen-bond acceptors (Lipinski definition) is 5. The Balaban J connectivity index is 2.10. The van der Waals surface area contributed by atoms with Crippen LogP contribution < -0.4 is 0 Å². The molecule has 0 unspecified atom stereocenters. The quantitative estimate of drug-likeness (QED) is 0.269. The third kappa shape index (κ3) is 8.21. The summed E-state index contributed by atoms with van der Waals surface area (Å²) in [5, 5.41) is 0. The zero-order chi connectivity index (χ0) is 22.5. The number of carbonyl (C=O) groups is 3. The third-order valence-corrected chi connectivity index (χ3v) is 5.12. The van der Waals surface area contributed by atoms with Crippen LogP contribution in [0.15, 0.2) is 72.8 Å². The Bertz CT molecular complexity index is 858. The lowest BCUT2D eigenvalue weighted by atomic mass is 9.83. The fraction of sp³-hybridized carbons (Fsp3) is 0.346. The van der Waals surface area contributed by atoms with E-state index in [2.05, 4.69) is 6.92 Å². The van der Waals surface area contributed by atoms with Crippen molar-refractivity contribution < 1.29 is 23.9 Å².